The molecule has 0 fully saturated rings. The van der Waals surface area contributed by atoms with Gasteiger partial charge in [-0.2, -0.15) is 0 Å². The van der Waals surface area contributed by atoms with Crippen LogP contribution in [0.4, 0.5) is 4.39 Å². The van der Waals surface area contributed by atoms with E-state index >= 15 is 0 Å². The minimum absolute atomic E-state index is 0.0299. The van der Waals surface area contributed by atoms with E-state index in [0.717, 1.165) is 4.47 Å². The van der Waals surface area contributed by atoms with Gasteiger partial charge >= 0.3 is 0 Å². The average molecular weight is 385 g/mol. The second kappa shape index (κ2) is 8.24. The third kappa shape index (κ3) is 6.95. The second-order valence-electron chi connectivity index (χ2n) is 6.15. The minimum Gasteiger partial charge on any atom is -0.350 e. The Morgan fingerprint density at radius 2 is 2.00 bits per heavy atom. The van der Waals surface area contributed by atoms with E-state index in [9.17, 15) is 14.0 Å². The molecule has 6 heteroatoms. The van der Waals surface area contributed by atoms with Gasteiger partial charge in [-0.1, -0.05) is 15.9 Å². The molecule has 0 aromatic heterocycles. The van der Waals surface area contributed by atoms with Crippen LogP contribution in [0.2, 0.25) is 0 Å². The summed E-state index contributed by atoms with van der Waals surface area (Å²) in [6.45, 7) is 7.77. The highest BCUT2D eigenvalue weighted by Crippen LogP contribution is 2.16. The third-order valence-electron chi connectivity index (χ3n) is 2.91. The Morgan fingerprint density at radius 1 is 1.35 bits per heavy atom. The lowest BCUT2D eigenvalue weighted by Gasteiger charge is -2.24. The molecular weight excluding hydrogens is 363 g/mol. The number of likely N-dealkylation sites (N-methyl/N-ethyl adjacent to an activating group) is 1. The van der Waals surface area contributed by atoms with Crippen molar-refractivity contribution in [1.82, 2.24) is 10.2 Å². The third-order valence-corrected chi connectivity index (χ3v) is 3.40. The van der Waals surface area contributed by atoms with Crippen LogP contribution < -0.4 is 5.32 Å². The molecule has 0 spiro atoms. The molecule has 1 N–H and O–H groups in total. The molecule has 0 saturated heterocycles. The van der Waals surface area contributed by atoms with E-state index in [1.165, 1.54) is 23.1 Å². The van der Waals surface area contributed by atoms with Crippen LogP contribution in [-0.4, -0.2) is 35.3 Å². The highest BCUT2D eigenvalue weighted by Gasteiger charge is 2.18. The molecule has 1 aromatic carbocycles. The average Bonchev–Trinajstić information content (AvgIpc) is 2.43. The molecule has 4 nitrogen and oxygen atoms in total. The van der Waals surface area contributed by atoms with Gasteiger partial charge < -0.3 is 10.2 Å². The van der Waals surface area contributed by atoms with Crippen molar-refractivity contribution >= 4 is 33.8 Å². The highest BCUT2D eigenvalue weighted by atomic mass is 79.9. The molecule has 0 aliphatic heterocycles. The predicted octanol–water partition coefficient (Wildman–Crippen LogP) is 3.36. The van der Waals surface area contributed by atoms with E-state index in [4.69, 9.17) is 0 Å². The molecule has 1 rings (SSSR count). The van der Waals surface area contributed by atoms with Crippen molar-refractivity contribution in [2.45, 2.75) is 33.2 Å². The van der Waals surface area contributed by atoms with Crippen LogP contribution >= 0.6 is 15.9 Å². The van der Waals surface area contributed by atoms with E-state index in [-0.39, 0.29) is 23.9 Å². The van der Waals surface area contributed by atoms with Crippen molar-refractivity contribution in [3.05, 3.63) is 40.1 Å². The summed E-state index contributed by atoms with van der Waals surface area (Å²) in [5, 5.41) is 2.81. The summed E-state index contributed by atoms with van der Waals surface area (Å²) in [5.74, 6) is -0.976. The fourth-order valence-electron chi connectivity index (χ4n) is 1.89. The monoisotopic (exact) mass is 384 g/mol. The Morgan fingerprint density at radius 3 is 2.57 bits per heavy atom. The van der Waals surface area contributed by atoms with Gasteiger partial charge in [0.1, 0.15) is 5.82 Å². The van der Waals surface area contributed by atoms with E-state index in [0.29, 0.717) is 12.1 Å². The van der Waals surface area contributed by atoms with Crippen LogP contribution in [0.15, 0.2) is 28.7 Å². The number of hydrogen-bond donors (Lipinski definition) is 1. The zero-order valence-corrected chi connectivity index (χ0v) is 15.4. The summed E-state index contributed by atoms with van der Waals surface area (Å²) in [6.07, 6.45) is 2.69. The van der Waals surface area contributed by atoms with Gasteiger partial charge in [-0.25, -0.2) is 4.39 Å². The van der Waals surface area contributed by atoms with Gasteiger partial charge in [0.05, 0.1) is 6.54 Å². The predicted molar refractivity (Wildman–Crippen MR) is 93.3 cm³/mol. The van der Waals surface area contributed by atoms with E-state index in [2.05, 4.69) is 21.2 Å². The first-order chi connectivity index (χ1) is 10.6. The summed E-state index contributed by atoms with van der Waals surface area (Å²) >= 11 is 3.26. The number of rotatable bonds is 5. The smallest absolute Gasteiger partial charge is 0.247 e. The van der Waals surface area contributed by atoms with Gasteiger partial charge in [0, 0.05) is 28.2 Å². The van der Waals surface area contributed by atoms with Crippen molar-refractivity contribution in [3.8, 4) is 0 Å². The summed E-state index contributed by atoms with van der Waals surface area (Å²) in [5.41, 5.74) is -0.0441. The minimum atomic E-state index is -0.411. The Balaban J connectivity index is 2.75. The number of carbonyl (C=O) groups excluding carboxylic acids is 2. The first-order valence-corrected chi connectivity index (χ1v) is 8.14. The summed E-state index contributed by atoms with van der Waals surface area (Å²) in [6, 6.07) is 4.49. The fourth-order valence-corrected chi connectivity index (χ4v) is 2.26. The molecule has 0 unspecified atom stereocenters. The molecule has 23 heavy (non-hydrogen) atoms. The van der Waals surface area contributed by atoms with Crippen LogP contribution in [-0.2, 0) is 9.59 Å². The normalized spacial score (nSPS) is 11.6. The Labute approximate surface area is 144 Å². The van der Waals surface area contributed by atoms with Gasteiger partial charge in [0.2, 0.25) is 11.8 Å². The van der Waals surface area contributed by atoms with E-state index < -0.39 is 5.82 Å². The zero-order valence-electron chi connectivity index (χ0n) is 13.8. The van der Waals surface area contributed by atoms with Crippen LogP contribution in [0.1, 0.15) is 33.3 Å². The Kier molecular flexibility index (Phi) is 6.94. The molecule has 0 radical (unpaired) electrons. The molecule has 0 bridgehead atoms. The summed E-state index contributed by atoms with van der Waals surface area (Å²) in [4.78, 5) is 25.5. The first kappa shape index (κ1) is 19.4. The van der Waals surface area contributed by atoms with Gasteiger partial charge in [0.15, 0.2) is 0 Å². The van der Waals surface area contributed by atoms with Gasteiger partial charge in [-0.05, 0) is 52.0 Å². The molecule has 0 aliphatic rings. The number of benzene rings is 1. The molecule has 126 valence electrons. The van der Waals surface area contributed by atoms with E-state index in [1.807, 2.05) is 20.8 Å². The lowest BCUT2D eigenvalue weighted by Crippen LogP contribution is -2.47. The Hall–Kier alpha value is -1.69. The zero-order chi connectivity index (χ0) is 17.6. The van der Waals surface area contributed by atoms with Crippen LogP contribution in [0.3, 0.4) is 0 Å². The maximum Gasteiger partial charge on any atom is 0.247 e. The first-order valence-electron chi connectivity index (χ1n) is 7.35. The van der Waals surface area contributed by atoms with Gasteiger partial charge in [-0.3, -0.25) is 9.59 Å². The lowest BCUT2D eigenvalue weighted by molar-refractivity contribution is -0.132. The molecule has 0 heterocycles. The van der Waals surface area contributed by atoms with Crippen LogP contribution in [0.25, 0.3) is 6.08 Å². The van der Waals surface area contributed by atoms with Gasteiger partial charge in [-0.15, -0.1) is 0 Å². The number of nitrogens with zero attached hydrogens (tertiary/aromatic N) is 1. The summed E-state index contributed by atoms with van der Waals surface area (Å²) in [7, 11) is 0. The topological polar surface area (TPSA) is 49.4 Å². The maximum atomic E-state index is 13.6. The van der Waals surface area contributed by atoms with Crippen LogP contribution in [0.5, 0.6) is 0 Å². The number of hydrogen-bond acceptors (Lipinski definition) is 2. The number of nitrogens with one attached hydrogen (secondary N) is 1. The molecular formula is C17H22BrFN2O2. The van der Waals surface area contributed by atoms with E-state index in [1.54, 1.807) is 19.1 Å². The summed E-state index contributed by atoms with van der Waals surface area (Å²) < 4.78 is 14.4. The molecule has 0 aliphatic carbocycles. The number of halogens is 2. The SMILES string of the molecule is CCN(CC(=O)NC(C)(C)C)C(=O)/C=C/c1cc(Br)ccc1F. The van der Waals surface area contributed by atoms with Crippen molar-refractivity contribution in [1.29, 1.82) is 0 Å². The Bertz CT molecular complexity index is 609. The van der Waals surface area contributed by atoms with Crippen molar-refractivity contribution in [2.24, 2.45) is 0 Å². The van der Waals surface area contributed by atoms with Gasteiger partial charge in [0.25, 0.3) is 0 Å². The molecule has 0 atom stereocenters. The number of carbonyl (C=O) groups is 2. The van der Waals surface area contributed by atoms with Crippen LogP contribution in [0, 0.1) is 5.82 Å². The fraction of sp³-hybridized carbons (Fsp3) is 0.412. The largest absolute Gasteiger partial charge is 0.350 e. The standard InChI is InChI=1S/C17H22BrFN2O2/c1-5-21(11-15(22)20-17(2,3)4)16(23)9-6-12-10-13(18)7-8-14(12)19/h6-10H,5,11H2,1-4H3,(H,20,22)/b9-6+. The molecule has 1 aromatic rings. The van der Waals surface area contributed by atoms with Crippen molar-refractivity contribution in [3.63, 3.8) is 0 Å². The maximum absolute atomic E-state index is 13.6. The van der Waals surface area contributed by atoms with Crippen molar-refractivity contribution < 1.29 is 14.0 Å². The quantitative estimate of drug-likeness (QED) is 0.791. The lowest BCUT2D eigenvalue weighted by atomic mass is 10.1. The molecule has 2 amide bonds. The van der Waals surface area contributed by atoms with Crippen molar-refractivity contribution in [2.75, 3.05) is 13.1 Å². The number of amides is 2. The second-order valence-corrected chi connectivity index (χ2v) is 7.07. The molecule has 0 saturated carbocycles. The highest BCUT2D eigenvalue weighted by molar-refractivity contribution is 9.10.